The van der Waals surface area contributed by atoms with Crippen LogP contribution >= 0.6 is 0 Å². The van der Waals surface area contributed by atoms with E-state index in [4.69, 9.17) is 15.2 Å². The van der Waals surface area contributed by atoms with Gasteiger partial charge in [0.2, 0.25) is 0 Å². The van der Waals surface area contributed by atoms with Crippen molar-refractivity contribution < 1.29 is 18.7 Å². The summed E-state index contributed by atoms with van der Waals surface area (Å²) in [6.45, 7) is 0.150. The Morgan fingerprint density at radius 3 is 2.60 bits per heavy atom. The number of ether oxygens (including phenoxy) is 2. The predicted molar refractivity (Wildman–Crippen MR) is 72.3 cm³/mol. The molecule has 0 radical (unpaired) electrons. The van der Waals surface area contributed by atoms with Crippen LogP contribution in [0.3, 0.4) is 0 Å². The number of nitrogen functional groups attached to an aromatic ring is 1. The van der Waals surface area contributed by atoms with Gasteiger partial charge in [-0.3, -0.25) is 0 Å². The summed E-state index contributed by atoms with van der Waals surface area (Å²) in [4.78, 5) is 11.7. The molecule has 0 amide bonds. The second kappa shape index (κ2) is 6.68. The van der Waals surface area contributed by atoms with Crippen molar-refractivity contribution in [2.24, 2.45) is 0 Å². The number of esters is 1. The van der Waals surface area contributed by atoms with Gasteiger partial charge in [0, 0.05) is 5.69 Å². The first-order chi connectivity index (χ1) is 9.66. The Balaban J connectivity index is 1.80. The van der Waals surface area contributed by atoms with E-state index in [1.807, 2.05) is 30.3 Å². The van der Waals surface area contributed by atoms with Crippen molar-refractivity contribution in [1.82, 2.24) is 0 Å². The van der Waals surface area contributed by atoms with Crippen LogP contribution in [-0.2, 0) is 16.1 Å². The highest BCUT2D eigenvalue weighted by Gasteiger charge is 2.11. The molecule has 0 aliphatic heterocycles. The molecule has 2 rings (SSSR count). The summed E-state index contributed by atoms with van der Waals surface area (Å²) in [6.07, 6.45) is 0. The van der Waals surface area contributed by atoms with Crippen LogP contribution in [-0.4, -0.2) is 12.8 Å². The van der Waals surface area contributed by atoms with Gasteiger partial charge >= 0.3 is 5.97 Å². The lowest BCUT2D eigenvalue weighted by atomic mass is 10.2. The molecule has 104 valence electrons. The highest BCUT2D eigenvalue weighted by atomic mass is 19.1. The first-order valence-electron chi connectivity index (χ1n) is 6.00. The minimum absolute atomic E-state index is 0.0399. The van der Waals surface area contributed by atoms with Crippen LogP contribution in [0.1, 0.15) is 15.9 Å². The van der Waals surface area contributed by atoms with Crippen LogP contribution in [0.25, 0.3) is 0 Å². The van der Waals surface area contributed by atoms with Gasteiger partial charge in [-0.25, -0.2) is 9.18 Å². The second-order valence-electron chi connectivity index (χ2n) is 4.12. The van der Waals surface area contributed by atoms with Gasteiger partial charge in [0.05, 0.1) is 12.2 Å². The first kappa shape index (κ1) is 14.0. The largest absolute Gasteiger partial charge is 0.435 e. The van der Waals surface area contributed by atoms with Crippen LogP contribution in [0, 0.1) is 5.82 Å². The van der Waals surface area contributed by atoms with Crippen molar-refractivity contribution in [3.63, 3.8) is 0 Å². The lowest BCUT2D eigenvalue weighted by Gasteiger charge is -2.08. The monoisotopic (exact) mass is 275 g/mol. The number of rotatable bonds is 5. The normalized spacial score (nSPS) is 10.2. The van der Waals surface area contributed by atoms with Crippen molar-refractivity contribution in [2.45, 2.75) is 6.61 Å². The zero-order valence-corrected chi connectivity index (χ0v) is 10.7. The molecule has 0 heterocycles. The van der Waals surface area contributed by atoms with Crippen LogP contribution < -0.4 is 5.73 Å². The van der Waals surface area contributed by atoms with Gasteiger partial charge in [-0.15, -0.1) is 0 Å². The Kier molecular flexibility index (Phi) is 4.68. The van der Waals surface area contributed by atoms with E-state index in [1.54, 1.807) is 0 Å². The standard InChI is InChI=1S/C15H14FNO3/c16-12-6-7-13(14(17)8-12)15(18)20-10-19-9-11-4-2-1-3-5-11/h1-8H,9-10,17H2. The van der Waals surface area contributed by atoms with E-state index >= 15 is 0 Å². The molecule has 0 saturated heterocycles. The molecule has 2 aromatic rings. The molecule has 0 unspecified atom stereocenters. The number of hydrogen-bond acceptors (Lipinski definition) is 4. The van der Waals surface area contributed by atoms with Crippen LogP contribution in [0.4, 0.5) is 10.1 Å². The Morgan fingerprint density at radius 1 is 1.15 bits per heavy atom. The van der Waals surface area contributed by atoms with E-state index in [0.717, 1.165) is 17.7 Å². The van der Waals surface area contributed by atoms with Gasteiger partial charge in [-0.05, 0) is 23.8 Å². The van der Waals surface area contributed by atoms with Crippen LogP contribution in [0.2, 0.25) is 0 Å². The average molecular weight is 275 g/mol. The minimum Gasteiger partial charge on any atom is -0.435 e. The summed E-state index contributed by atoms with van der Waals surface area (Å²) < 4.78 is 23.0. The first-order valence-corrected chi connectivity index (χ1v) is 6.00. The Bertz CT molecular complexity index is 587. The highest BCUT2D eigenvalue weighted by molar-refractivity contribution is 5.94. The lowest BCUT2D eigenvalue weighted by Crippen LogP contribution is -2.11. The fourth-order valence-corrected chi connectivity index (χ4v) is 1.63. The molecule has 0 fully saturated rings. The van der Waals surface area contributed by atoms with Crippen molar-refractivity contribution in [1.29, 1.82) is 0 Å². The molecule has 0 saturated carbocycles. The maximum atomic E-state index is 12.8. The smallest absolute Gasteiger partial charge is 0.342 e. The summed E-state index contributed by atoms with van der Waals surface area (Å²) in [5, 5.41) is 0. The number of benzene rings is 2. The van der Waals surface area contributed by atoms with E-state index in [0.29, 0.717) is 6.61 Å². The van der Waals surface area contributed by atoms with Crippen molar-refractivity contribution in [2.75, 3.05) is 12.5 Å². The van der Waals surface area contributed by atoms with Gasteiger partial charge < -0.3 is 15.2 Å². The maximum Gasteiger partial charge on any atom is 0.342 e. The zero-order valence-electron chi connectivity index (χ0n) is 10.7. The third-order valence-electron chi connectivity index (χ3n) is 2.62. The van der Waals surface area contributed by atoms with Gasteiger partial charge in [0.1, 0.15) is 5.82 Å². The van der Waals surface area contributed by atoms with E-state index < -0.39 is 11.8 Å². The van der Waals surface area contributed by atoms with Crippen molar-refractivity contribution in [3.8, 4) is 0 Å². The molecular weight excluding hydrogens is 261 g/mol. The molecule has 0 aromatic heterocycles. The quantitative estimate of drug-likeness (QED) is 0.394. The molecule has 2 N–H and O–H groups in total. The van der Waals surface area contributed by atoms with Crippen molar-refractivity contribution in [3.05, 3.63) is 65.5 Å². The number of carbonyl (C=O) groups excluding carboxylic acids is 1. The molecule has 0 aliphatic rings. The summed E-state index contributed by atoms with van der Waals surface area (Å²) in [6, 6.07) is 13.0. The van der Waals surface area contributed by atoms with E-state index in [-0.39, 0.29) is 18.0 Å². The average Bonchev–Trinajstić information content (AvgIpc) is 2.44. The van der Waals surface area contributed by atoms with Crippen molar-refractivity contribution >= 4 is 11.7 Å². The van der Waals surface area contributed by atoms with E-state index in [1.165, 1.54) is 6.07 Å². The topological polar surface area (TPSA) is 61.6 Å². The molecule has 2 aromatic carbocycles. The van der Waals surface area contributed by atoms with Gasteiger partial charge in [0.15, 0.2) is 6.79 Å². The number of nitrogens with two attached hydrogens (primary N) is 1. The SMILES string of the molecule is Nc1cc(F)ccc1C(=O)OCOCc1ccccc1. The summed E-state index contributed by atoms with van der Waals surface area (Å²) in [5.41, 5.74) is 6.67. The number of anilines is 1. The number of halogens is 1. The lowest BCUT2D eigenvalue weighted by molar-refractivity contribution is -0.0380. The molecular formula is C15H14FNO3. The zero-order chi connectivity index (χ0) is 14.4. The number of carbonyl (C=O) groups is 1. The molecule has 0 atom stereocenters. The Morgan fingerprint density at radius 2 is 1.90 bits per heavy atom. The third-order valence-corrected chi connectivity index (χ3v) is 2.62. The fourth-order valence-electron chi connectivity index (χ4n) is 1.63. The van der Waals surface area contributed by atoms with Crippen LogP contribution in [0.5, 0.6) is 0 Å². The molecule has 4 nitrogen and oxygen atoms in total. The maximum absolute atomic E-state index is 12.8. The van der Waals surface area contributed by atoms with Crippen LogP contribution in [0.15, 0.2) is 48.5 Å². The fraction of sp³-hybridized carbons (Fsp3) is 0.133. The minimum atomic E-state index is -0.643. The Hall–Kier alpha value is -2.40. The third kappa shape index (κ3) is 3.80. The summed E-state index contributed by atoms with van der Waals surface area (Å²) in [7, 11) is 0. The molecule has 0 spiro atoms. The highest BCUT2D eigenvalue weighted by Crippen LogP contribution is 2.14. The molecule has 0 bridgehead atoms. The second-order valence-corrected chi connectivity index (χ2v) is 4.12. The molecule has 5 heteroatoms. The van der Waals surface area contributed by atoms with E-state index in [9.17, 15) is 9.18 Å². The predicted octanol–water partition coefficient (Wildman–Crippen LogP) is 2.74. The van der Waals surface area contributed by atoms with Gasteiger partial charge in [-0.1, -0.05) is 30.3 Å². The van der Waals surface area contributed by atoms with Gasteiger partial charge in [-0.2, -0.15) is 0 Å². The van der Waals surface area contributed by atoms with Gasteiger partial charge in [0.25, 0.3) is 0 Å². The Labute approximate surface area is 115 Å². The summed E-state index contributed by atoms with van der Waals surface area (Å²) >= 11 is 0. The van der Waals surface area contributed by atoms with E-state index in [2.05, 4.69) is 0 Å². The summed E-state index contributed by atoms with van der Waals surface area (Å²) in [5.74, 6) is -1.14. The number of hydrogen-bond donors (Lipinski definition) is 1. The molecule has 20 heavy (non-hydrogen) atoms. The molecule has 0 aliphatic carbocycles.